The molecule has 1 fully saturated rings. The maximum atomic E-state index is 11.6. The minimum absolute atomic E-state index is 0.113. The van der Waals surface area contributed by atoms with Crippen molar-refractivity contribution in [2.45, 2.75) is 25.0 Å². The van der Waals surface area contributed by atoms with Gasteiger partial charge in [0, 0.05) is 29.1 Å². The van der Waals surface area contributed by atoms with Gasteiger partial charge in [0.25, 0.3) is 0 Å². The van der Waals surface area contributed by atoms with E-state index in [0.29, 0.717) is 0 Å². The lowest BCUT2D eigenvalue weighted by atomic mass is 10.1. The van der Waals surface area contributed by atoms with E-state index in [4.69, 9.17) is 0 Å². The highest BCUT2D eigenvalue weighted by Gasteiger charge is 2.24. The molecular weight excluding hydrogens is 188 g/mol. The Morgan fingerprint density at radius 2 is 2.46 bits per heavy atom. The van der Waals surface area contributed by atoms with Crippen LogP contribution >= 0.6 is 0 Å². The van der Waals surface area contributed by atoms with Gasteiger partial charge in [-0.05, 0) is 19.4 Å². The Bertz CT molecular complexity index is 265. The first-order valence-corrected chi connectivity index (χ1v) is 6.64. The van der Waals surface area contributed by atoms with Crippen molar-refractivity contribution in [2.75, 3.05) is 25.6 Å². The average molecular weight is 206 g/mol. The van der Waals surface area contributed by atoms with Crippen molar-refractivity contribution in [1.82, 2.24) is 5.32 Å². The molecule has 1 aliphatic heterocycles. The number of aliphatic hydroxyl groups is 1. The number of nitrogens with one attached hydrogen (secondary N) is 1. The lowest BCUT2D eigenvalue weighted by molar-refractivity contribution is 0.158. The zero-order valence-corrected chi connectivity index (χ0v) is 9.01. The van der Waals surface area contributed by atoms with Gasteiger partial charge >= 0.3 is 0 Å². The topological polar surface area (TPSA) is 61.7 Å². The summed E-state index contributed by atoms with van der Waals surface area (Å²) in [4.78, 5) is 0. The molecule has 2 N–H and O–H groups in total. The van der Waals surface area contributed by atoms with E-state index < -0.39 is 15.8 Å². The molecule has 1 heterocycles. The van der Waals surface area contributed by atoms with Gasteiger partial charge in [0.1, 0.15) is 0 Å². The van der Waals surface area contributed by atoms with E-state index in [1.54, 1.807) is 6.26 Å². The molecule has 13 heavy (non-hydrogen) atoms. The molecule has 0 aromatic carbocycles. The summed E-state index contributed by atoms with van der Waals surface area (Å²) in [6.07, 6.45) is 3.13. The van der Waals surface area contributed by atoms with Gasteiger partial charge in [0.2, 0.25) is 0 Å². The van der Waals surface area contributed by atoms with Gasteiger partial charge in [0.05, 0.1) is 11.9 Å². The average Bonchev–Trinajstić information content (AvgIpc) is 2.55. The maximum Gasteiger partial charge on any atom is 0.0816 e. The standard InChI is InChI=1S/C8H18N2O2S/c1-9-13(2,12)6-8(11)7-4-3-5-10-7/h7-8,10-11H,3-6H2,1-2H3/t7-,8+,13?/m0/s1. The van der Waals surface area contributed by atoms with Crippen LogP contribution in [0.5, 0.6) is 0 Å². The van der Waals surface area contributed by atoms with E-state index >= 15 is 0 Å². The Morgan fingerprint density at radius 1 is 1.77 bits per heavy atom. The highest BCUT2D eigenvalue weighted by Crippen LogP contribution is 2.11. The number of rotatable bonds is 3. The van der Waals surface area contributed by atoms with Crippen LogP contribution in [0.3, 0.4) is 0 Å². The fourth-order valence-corrected chi connectivity index (χ4v) is 2.56. The highest BCUT2D eigenvalue weighted by molar-refractivity contribution is 7.92. The molecule has 5 heteroatoms. The number of hydrogen-bond donors (Lipinski definition) is 2. The smallest absolute Gasteiger partial charge is 0.0816 e. The first kappa shape index (κ1) is 10.9. The monoisotopic (exact) mass is 206 g/mol. The van der Waals surface area contributed by atoms with E-state index in [2.05, 4.69) is 9.68 Å². The summed E-state index contributed by atoms with van der Waals surface area (Å²) in [6.45, 7) is 0.954. The van der Waals surface area contributed by atoms with Gasteiger partial charge in [-0.25, -0.2) is 8.57 Å². The minimum Gasteiger partial charge on any atom is -0.391 e. The van der Waals surface area contributed by atoms with Crippen LogP contribution in [-0.4, -0.2) is 47.1 Å². The Hall–Kier alpha value is -0.130. The molecule has 0 spiro atoms. The summed E-state index contributed by atoms with van der Waals surface area (Å²) >= 11 is 0. The number of aliphatic hydroxyl groups excluding tert-OH is 1. The molecule has 0 aromatic heterocycles. The van der Waals surface area contributed by atoms with Crippen molar-refractivity contribution in [3.63, 3.8) is 0 Å². The summed E-state index contributed by atoms with van der Waals surface area (Å²) in [5.74, 6) is 0.279. The molecule has 0 radical (unpaired) electrons. The van der Waals surface area contributed by atoms with E-state index in [-0.39, 0.29) is 11.8 Å². The first-order valence-electron chi connectivity index (χ1n) is 4.54. The first-order chi connectivity index (χ1) is 6.05. The van der Waals surface area contributed by atoms with Crippen molar-refractivity contribution < 1.29 is 9.32 Å². The highest BCUT2D eigenvalue weighted by atomic mass is 32.2. The molecule has 1 saturated heterocycles. The predicted molar refractivity (Wildman–Crippen MR) is 54.3 cm³/mol. The lowest BCUT2D eigenvalue weighted by Crippen LogP contribution is -2.39. The van der Waals surface area contributed by atoms with Crippen LogP contribution in [0.1, 0.15) is 12.8 Å². The second-order valence-corrected chi connectivity index (χ2v) is 6.20. The third-order valence-electron chi connectivity index (χ3n) is 2.43. The summed E-state index contributed by atoms with van der Waals surface area (Å²) in [7, 11) is -0.632. The van der Waals surface area contributed by atoms with Gasteiger partial charge in [-0.15, -0.1) is 0 Å². The van der Waals surface area contributed by atoms with Crippen LogP contribution in [0.25, 0.3) is 0 Å². The van der Waals surface area contributed by atoms with Gasteiger partial charge < -0.3 is 10.4 Å². The Balaban J connectivity index is 2.49. The lowest BCUT2D eigenvalue weighted by Gasteiger charge is -2.18. The molecule has 1 unspecified atom stereocenters. The van der Waals surface area contributed by atoms with Crippen LogP contribution in [0.4, 0.5) is 0 Å². The Labute approximate surface area is 79.9 Å². The molecule has 1 rings (SSSR count). The zero-order valence-electron chi connectivity index (χ0n) is 8.19. The summed E-state index contributed by atoms with van der Waals surface area (Å²) < 4.78 is 15.3. The van der Waals surface area contributed by atoms with Crippen molar-refractivity contribution in [2.24, 2.45) is 4.36 Å². The van der Waals surface area contributed by atoms with Crippen molar-refractivity contribution in [3.8, 4) is 0 Å². The third-order valence-corrected chi connectivity index (χ3v) is 4.16. The summed E-state index contributed by atoms with van der Waals surface area (Å²) in [5, 5.41) is 12.9. The quantitative estimate of drug-likeness (QED) is 0.674. The van der Waals surface area contributed by atoms with Crippen molar-refractivity contribution in [1.29, 1.82) is 0 Å². The second kappa shape index (κ2) is 4.39. The molecule has 0 bridgehead atoms. The molecular formula is C8H18N2O2S. The molecule has 3 atom stereocenters. The molecule has 1 aliphatic rings. The second-order valence-electron chi connectivity index (χ2n) is 3.58. The van der Waals surface area contributed by atoms with Crippen LogP contribution in [0, 0.1) is 0 Å². The molecule has 4 nitrogen and oxygen atoms in total. The van der Waals surface area contributed by atoms with Crippen LogP contribution in [-0.2, 0) is 9.73 Å². The van der Waals surface area contributed by atoms with Crippen LogP contribution in [0.15, 0.2) is 4.36 Å². The van der Waals surface area contributed by atoms with E-state index in [9.17, 15) is 9.32 Å². The number of hydrogen-bond acceptors (Lipinski definition) is 4. The minimum atomic E-state index is -2.17. The van der Waals surface area contributed by atoms with E-state index in [1.807, 2.05) is 0 Å². The molecule has 0 amide bonds. The number of nitrogens with zero attached hydrogens (tertiary/aromatic N) is 1. The summed E-state index contributed by atoms with van der Waals surface area (Å²) in [6, 6.07) is 0.113. The molecule has 78 valence electrons. The predicted octanol–water partition coefficient (Wildman–Crippen LogP) is -0.173. The largest absolute Gasteiger partial charge is 0.391 e. The van der Waals surface area contributed by atoms with Gasteiger partial charge in [-0.3, -0.25) is 0 Å². The van der Waals surface area contributed by atoms with Gasteiger partial charge in [-0.2, -0.15) is 0 Å². The maximum absolute atomic E-state index is 11.6. The summed E-state index contributed by atoms with van der Waals surface area (Å²) in [5.41, 5.74) is 0. The van der Waals surface area contributed by atoms with E-state index in [1.165, 1.54) is 7.05 Å². The third kappa shape index (κ3) is 3.25. The molecule has 0 aliphatic carbocycles. The SMILES string of the molecule is CN=S(C)(=O)C[C@@H](O)[C@@H]1CCCN1. The Morgan fingerprint density at radius 3 is 2.92 bits per heavy atom. The van der Waals surface area contributed by atoms with Crippen molar-refractivity contribution >= 4 is 9.73 Å². The molecule has 0 saturated carbocycles. The fraction of sp³-hybridized carbons (Fsp3) is 1.00. The van der Waals surface area contributed by atoms with Crippen LogP contribution in [0.2, 0.25) is 0 Å². The van der Waals surface area contributed by atoms with Crippen LogP contribution < -0.4 is 5.32 Å². The van der Waals surface area contributed by atoms with Crippen molar-refractivity contribution in [3.05, 3.63) is 0 Å². The van der Waals surface area contributed by atoms with Gasteiger partial charge in [0.15, 0.2) is 0 Å². The Kier molecular flexibility index (Phi) is 3.70. The zero-order chi connectivity index (χ0) is 9.90. The molecule has 0 aromatic rings. The van der Waals surface area contributed by atoms with Gasteiger partial charge in [-0.1, -0.05) is 0 Å². The fourth-order valence-electron chi connectivity index (χ4n) is 1.55. The van der Waals surface area contributed by atoms with E-state index in [0.717, 1.165) is 19.4 Å². The normalized spacial score (nSPS) is 29.6.